The summed E-state index contributed by atoms with van der Waals surface area (Å²) in [6, 6.07) is 5.62. The van der Waals surface area contributed by atoms with Gasteiger partial charge in [0, 0.05) is 31.9 Å². The number of aromatic nitrogens is 4. The van der Waals surface area contributed by atoms with Gasteiger partial charge in [-0.25, -0.2) is 14.5 Å². The Morgan fingerprint density at radius 3 is 2.61 bits per heavy atom. The number of halogens is 4. The normalized spacial score (nSPS) is 16.7. The average Bonchev–Trinajstić information content (AvgIpc) is 3.31. The van der Waals surface area contributed by atoms with E-state index in [1.165, 1.54) is 16.9 Å². The molecule has 1 fully saturated rings. The highest BCUT2D eigenvalue weighted by Crippen LogP contribution is 2.35. The summed E-state index contributed by atoms with van der Waals surface area (Å²) in [6.45, 7) is 4.00. The molecule has 0 radical (unpaired) electrons. The van der Waals surface area contributed by atoms with E-state index < -0.39 is 34.3 Å². The molecule has 4 rings (SSSR count). The lowest BCUT2D eigenvalue weighted by molar-refractivity contribution is -0.138. The minimum absolute atomic E-state index is 0.188. The van der Waals surface area contributed by atoms with Crippen LogP contribution >= 0.6 is 11.6 Å². The van der Waals surface area contributed by atoms with E-state index in [0.717, 1.165) is 12.7 Å². The van der Waals surface area contributed by atoms with Gasteiger partial charge in [-0.2, -0.15) is 13.2 Å². The Hall–Kier alpha value is -3.71. The van der Waals surface area contributed by atoms with Gasteiger partial charge in [0.25, 0.3) is 5.91 Å². The summed E-state index contributed by atoms with van der Waals surface area (Å²) in [6.07, 6.45) is -2.87. The van der Waals surface area contributed by atoms with Crippen LogP contribution in [-0.2, 0) is 6.18 Å². The van der Waals surface area contributed by atoms with Crippen molar-refractivity contribution >= 4 is 34.9 Å². The largest absolute Gasteiger partial charge is 0.476 e. The molecule has 1 aromatic carbocycles. The Labute approximate surface area is 208 Å². The third-order valence-corrected chi connectivity index (χ3v) is 6.13. The number of carboxylic acids is 1. The fourth-order valence-corrected chi connectivity index (χ4v) is 3.99. The fraction of sp³-hybridized carbons (Fsp3) is 0.318. The van der Waals surface area contributed by atoms with Crippen molar-refractivity contribution < 1.29 is 27.9 Å². The van der Waals surface area contributed by atoms with Gasteiger partial charge >= 0.3 is 12.1 Å². The van der Waals surface area contributed by atoms with E-state index >= 15 is 0 Å². The van der Waals surface area contributed by atoms with Crippen LogP contribution in [0.5, 0.6) is 0 Å². The molecule has 0 aliphatic carbocycles. The second-order valence-electron chi connectivity index (χ2n) is 8.34. The quantitative estimate of drug-likeness (QED) is 0.489. The number of alkyl halides is 3. The van der Waals surface area contributed by atoms with Crippen LogP contribution < -0.4 is 10.2 Å². The highest BCUT2D eigenvalue weighted by Gasteiger charge is 2.36. The molecule has 1 amide bonds. The van der Waals surface area contributed by atoms with Crippen molar-refractivity contribution in [3.63, 3.8) is 0 Å². The van der Waals surface area contributed by atoms with E-state index in [4.69, 9.17) is 16.7 Å². The Morgan fingerprint density at radius 1 is 1.22 bits per heavy atom. The molecular formula is C22H21ClF3N7O3. The van der Waals surface area contributed by atoms with E-state index in [9.17, 15) is 22.8 Å². The zero-order valence-corrected chi connectivity index (χ0v) is 19.9. The number of hydrogen-bond donors (Lipinski definition) is 2. The number of aromatic carboxylic acids is 1. The van der Waals surface area contributed by atoms with Gasteiger partial charge in [-0.05, 0) is 38.2 Å². The molecular weight excluding hydrogens is 503 g/mol. The van der Waals surface area contributed by atoms with Gasteiger partial charge in [0.2, 0.25) is 0 Å². The van der Waals surface area contributed by atoms with Crippen molar-refractivity contribution in [1.29, 1.82) is 0 Å². The van der Waals surface area contributed by atoms with Crippen LogP contribution in [-0.4, -0.2) is 74.6 Å². The Kier molecular flexibility index (Phi) is 6.87. The molecule has 0 bridgehead atoms. The first-order valence-corrected chi connectivity index (χ1v) is 11.1. The monoisotopic (exact) mass is 523 g/mol. The van der Waals surface area contributed by atoms with Gasteiger partial charge in [-0.15, -0.1) is 5.10 Å². The fourth-order valence-electron chi connectivity index (χ4n) is 3.83. The standard InChI is InChI=1S/C22H21ClF3N7O3/c1-12-10-32(6-5-31(12)2)18-4-3-13(33-11-17(21(35)36)29-30-33)7-16(18)28-20(34)14-9-27-19(23)8-15(14)22(24,25)26/h3-4,7-9,11-12H,5-6,10H2,1-2H3,(H,28,34)(H,35,36)/t12-/m0/s1. The van der Waals surface area contributed by atoms with Crippen molar-refractivity contribution in [2.24, 2.45) is 0 Å². The van der Waals surface area contributed by atoms with E-state index in [1.807, 2.05) is 18.9 Å². The lowest BCUT2D eigenvalue weighted by Crippen LogP contribution is -2.50. The van der Waals surface area contributed by atoms with Crippen LogP contribution in [0.3, 0.4) is 0 Å². The minimum Gasteiger partial charge on any atom is -0.476 e. The number of nitrogens with zero attached hydrogens (tertiary/aromatic N) is 6. The summed E-state index contributed by atoms with van der Waals surface area (Å²) in [4.78, 5) is 32.1. The number of amides is 1. The topological polar surface area (TPSA) is 116 Å². The Balaban J connectivity index is 1.75. The van der Waals surface area contributed by atoms with E-state index in [-0.39, 0.29) is 17.4 Å². The number of pyridine rings is 1. The number of piperazine rings is 1. The predicted octanol–water partition coefficient (Wildman–Crippen LogP) is 3.43. The summed E-state index contributed by atoms with van der Waals surface area (Å²) in [5.74, 6) is -2.30. The van der Waals surface area contributed by atoms with Crippen LogP contribution in [0.4, 0.5) is 24.5 Å². The van der Waals surface area contributed by atoms with Crippen LogP contribution in [0, 0.1) is 0 Å². The Bertz CT molecular complexity index is 1310. The maximum atomic E-state index is 13.6. The van der Waals surface area contributed by atoms with Gasteiger partial charge in [0.1, 0.15) is 5.15 Å². The van der Waals surface area contributed by atoms with Crippen LogP contribution in [0.2, 0.25) is 5.15 Å². The molecule has 2 N–H and O–H groups in total. The van der Waals surface area contributed by atoms with Crippen molar-refractivity contribution in [2.45, 2.75) is 19.1 Å². The molecule has 0 spiro atoms. The highest BCUT2D eigenvalue weighted by molar-refractivity contribution is 6.29. The maximum Gasteiger partial charge on any atom is 0.417 e. The summed E-state index contributed by atoms with van der Waals surface area (Å²) >= 11 is 5.64. The number of benzene rings is 1. The summed E-state index contributed by atoms with van der Waals surface area (Å²) < 4.78 is 41.9. The molecule has 14 heteroatoms. The molecule has 190 valence electrons. The number of carbonyl (C=O) groups is 2. The smallest absolute Gasteiger partial charge is 0.417 e. The number of rotatable bonds is 5. The van der Waals surface area contributed by atoms with Crippen molar-refractivity contribution in [3.8, 4) is 5.69 Å². The average molecular weight is 524 g/mol. The van der Waals surface area contributed by atoms with Gasteiger partial charge in [0.05, 0.1) is 34.4 Å². The Morgan fingerprint density at radius 2 is 1.97 bits per heavy atom. The van der Waals surface area contributed by atoms with Crippen LogP contribution in [0.15, 0.2) is 36.7 Å². The molecule has 1 saturated heterocycles. The molecule has 1 aliphatic rings. The summed E-state index contributed by atoms with van der Waals surface area (Å²) in [7, 11) is 1.99. The third-order valence-electron chi connectivity index (χ3n) is 5.93. The molecule has 2 aromatic heterocycles. The van der Waals surface area contributed by atoms with E-state index in [2.05, 4.69) is 25.5 Å². The van der Waals surface area contributed by atoms with Gasteiger partial charge in [-0.1, -0.05) is 16.8 Å². The molecule has 10 nitrogen and oxygen atoms in total. The van der Waals surface area contributed by atoms with Gasteiger partial charge in [0.15, 0.2) is 5.69 Å². The summed E-state index contributed by atoms with van der Waals surface area (Å²) in [5.41, 5.74) is -1.05. The second kappa shape index (κ2) is 9.74. The van der Waals surface area contributed by atoms with E-state index in [1.54, 1.807) is 12.1 Å². The summed E-state index contributed by atoms with van der Waals surface area (Å²) in [5, 5.41) is 18.7. The van der Waals surface area contributed by atoms with Crippen molar-refractivity contribution in [1.82, 2.24) is 24.9 Å². The molecule has 1 aliphatic heterocycles. The number of anilines is 2. The second-order valence-corrected chi connectivity index (χ2v) is 8.72. The van der Waals surface area contributed by atoms with Crippen LogP contribution in [0.25, 0.3) is 5.69 Å². The zero-order valence-electron chi connectivity index (χ0n) is 19.1. The molecule has 0 saturated carbocycles. The number of likely N-dealkylation sites (N-methyl/N-ethyl adjacent to an activating group) is 1. The lowest BCUT2D eigenvalue weighted by Gasteiger charge is -2.39. The van der Waals surface area contributed by atoms with Crippen LogP contribution in [0.1, 0.15) is 33.3 Å². The first-order chi connectivity index (χ1) is 16.9. The van der Waals surface area contributed by atoms with Crippen molar-refractivity contribution in [3.05, 3.63) is 58.6 Å². The maximum absolute atomic E-state index is 13.6. The minimum atomic E-state index is -4.83. The van der Waals surface area contributed by atoms with Gasteiger partial charge in [-0.3, -0.25) is 4.79 Å². The SMILES string of the molecule is C[C@H]1CN(c2ccc(-n3cc(C(=O)O)nn3)cc2NC(=O)c2cnc(Cl)cc2C(F)(F)F)CCN1C. The molecule has 3 aromatic rings. The first kappa shape index (κ1) is 25.4. The van der Waals surface area contributed by atoms with E-state index in [0.29, 0.717) is 30.5 Å². The molecule has 36 heavy (non-hydrogen) atoms. The highest BCUT2D eigenvalue weighted by atomic mass is 35.5. The van der Waals surface area contributed by atoms with Crippen molar-refractivity contribution in [2.75, 3.05) is 36.9 Å². The number of carboxylic acid groups (broad SMARTS) is 1. The van der Waals surface area contributed by atoms with Gasteiger partial charge < -0.3 is 20.2 Å². The number of carbonyl (C=O) groups excluding carboxylic acids is 1. The third kappa shape index (κ3) is 5.26. The predicted molar refractivity (Wildman–Crippen MR) is 125 cm³/mol. The molecule has 3 heterocycles. The number of hydrogen-bond acceptors (Lipinski definition) is 7. The lowest BCUT2D eigenvalue weighted by atomic mass is 10.1. The number of nitrogens with one attached hydrogen (secondary N) is 1. The zero-order chi connectivity index (χ0) is 26.2. The molecule has 1 atom stereocenters. The first-order valence-electron chi connectivity index (χ1n) is 10.7. The molecule has 0 unspecified atom stereocenters.